The monoisotopic (exact) mass is 452 g/mol. The Labute approximate surface area is 187 Å². The van der Waals surface area contributed by atoms with Crippen LogP contribution >= 0.6 is 11.3 Å². The molecule has 0 spiro atoms. The van der Waals surface area contributed by atoms with Gasteiger partial charge in [0.15, 0.2) is 0 Å². The Morgan fingerprint density at radius 1 is 0.935 bits per heavy atom. The zero-order valence-electron chi connectivity index (χ0n) is 17.1. The smallest absolute Gasteiger partial charge is 0.254 e. The number of nitrogens with zero attached hydrogens (tertiary/aromatic N) is 2. The van der Waals surface area contributed by atoms with Gasteiger partial charge in [-0.2, -0.15) is 4.31 Å². The Kier molecular flexibility index (Phi) is 5.42. The number of thiophene rings is 1. The number of fused-ring (bicyclic) bond motifs is 1. The maximum Gasteiger partial charge on any atom is 0.254 e. The summed E-state index contributed by atoms with van der Waals surface area (Å²) in [5.74, 6) is -0.135. The minimum atomic E-state index is -3.57. The molecule has 1 amide bonds. The van der Waals surface area contributed by atoms with Crippen molar-refractivity contribution < 1.29 is 13.2 Å². The number of hydrogen-bond acceptors (Lipinski definition) is 4. The third-order valence-electron chi connectivity index (χ3n) is 6.13. The molecule has 2 aliphatic rings. The van der Waals surface area contributed by atoms with Gasteiger partial charge in [-0.3, -0.25) is 4.79 Å². The summed E-state index contributed by atoms with van der Waals surface area (Å²) in [5.41, 5.74) is 2.65. The van der Waals surface area contributed by atoms with E-state index < -0.39 is 10.0 Å². The lowest BCUT2D eigenvalue weighted by atomic mass is 9.92. The predicted molar refractivity (Wildman–Crippen MR) is 122 cm³/mol. The molecule has 7 heteroatoms. The van der Waals surface area contributed by atoms with Crippen molar-refractivity contribution in [1.82, 2.24) is 9.21 Å². The Bertz CT molecular complexity index is 1200. The van der Waals surface area contributed by atoms with Crippen molar-refractivity contribution >= 4 is 27.3 Å². The molecule has 5 rings (SSSR count). The average molecular weight is 453 g/mol. The number of benzene rings is 2. The number of carbonyl (C=O) groups is 1. The summed E-state index contributed by atoms with van der Waals surface area (Å²) in [6.07, 6.45) is 2.58. The Balaban J connectivity index is 1.51. The lowest BCUT2D eigenvalue weighted by Gasteiger charge is -2.36. The lowest BCUT2D eigenvalue weighted by Crippen LogP contribution is -2.40. The van der Waals surface area contributed by atoms with Gasteiger partial charge in [0.05, 0.1) is 10.9 Å². The van der Waals surface area contributed by atoms with Crippen molar-refractivity contribution in [1.29, 1.82) is 0 Å². The normalized spacial score (nSPS) is 19.4. The molecule has 3 heterocycles. The van der Waals surface area contributed by atoms with Gasteiger partial charge >= 0.3 is 0 Å². The molecule has 2 aromatic carbocycles. The van der Waals surface area contributed by atoms with E-state index in [0.717, 1.165) is 30.4 Å². The van der Waals surface area contributed by atoms with E-state index in [1.54, 1.807) is 35.6 Å². The van der Waals surface area contributed by atoms with Crippen LogP contribution in [0.5, 0.6) is 0 Å². The van der Waals surface area contributed by atoms with Crippen LogP contribution in [0.15, 0.2) is 70.9 Å². The summed E-state index contributed by atoms with van der Waals surface area (Å²) in [4.78, 5) is 17.0. The molecule has 0 aliphatic carbocycles. The maximum absolute atomic E-state index is 13.6. The second kappa shape index (κ2) is 8.22. The van der Waals surface area contributed by atoms with Crippen LogP contribution in [0.2, 0.25) is 0 Å². The van der Waals surface area contributed by atoms with Crippen LogP contribution in [0.1, 0.15) is 45.2 Å². The molecular weight excluding hydrogens is 428 g/mol. The lowest BCUT2D eigenvalue weighted by molar-refractivity contribution is 0.0696. The van der Waals surface area contributed by atoms with Crippen LogP contribution < -0.4 is 0 Å². The molecule has 5 nitrogen and oxygen atoms in total. The predicted octanol–water partition coefficient (Wildman–Crippen LogP) is 4.32. The van der Waals surface area contributed by atoms with Crippen LogP contribution in [0.25, 0.3) is 0 Å². The Hall–Kier alpha value is -2.48. The van der Waals surface area contributed by atoms with Crippen molar-refractivity contribution in [2.75, 3.05) is 19.6 Å². The van der Waals surface area contributed by atoms with Crippen LogP contribution in [-0.2, 0) is 16.4 Å². The summed E-state index contributed by atoms with van der Waals surface area (Å²) in [6.45, 7) is 1.70. The third-order valence-corrected chi connectivity index (χ3v) is 9.02. The van der Waals surface area contributed by atoms with E-state index in [9.17, 15) is 13.2 Å². The molecule has 31 heavy (non-hydrogen) atoms. The number of carbonyl (C=O) groups excluding carboxylic acids is 1. The summed E-state index contributed by atoms with van der Waals surface area (Å²) in [6, 6.07) is 18.5. The zero-order valence-corrected chi connectivity index (χ0v) is 18.7. The molecule has 160 valence electrons. The van der Waals surface area contributed by atoms with Crippen LogP contribution in [0.3, 0.4) is 0 Å². The van der Waals surface area contributed by atoms with Gasteiger partial charge in [0.2, 0.25) is 10.0 Å². The van der Waals surface area contributed by atoms with E-state index in [0.29, 0.717) is 25.2 Å². The molecule has 3 aromatic rings. The van der Waals surface area contributed by atoms with Gasteiger partial charge in [-0.15, -0.1) is 11.3 Å². The van der Waals surface area contributed by atoms with Gasteiger partial charge in [-0.05, 0) is 60.0 Å². The van der Waals surface area contributed by atoms with Gasteiger partial charge in [0.25, 0.3) is 5.91 Å². The average Bonchev–Trinajstić information content (AvgIpc) is 3.51. The van der Waals surface area contributed by atoms with Gasteiger partial charge < -0.3 is 4.90 Å². The third kappa shape index (κ3) is 3.71. The Morgan fingerprint density at radius 2 is 1.71 bits per heavy atom. The first-order chi connectivity index (χ1) is 15.1. The SMILES string of the molecule is O=C(c1cccc(S(=O)(=O)N2CCCC2)c1)N1CCc2sccc2[C@@H]1c1ccccc1. The highest BCUT2D eigenvalue weighted by Gasteiger charge is 2.34. The minimum Gasteiger partial charge on any atom is -0.327 e. The summed E-state index contributed by atoms with van der Waals surface area (Å²) >= 11 is 1.73. The molecule has 1 fully saturated rings. The van der Waals surface area contributed by atoms with Crippen molar-refractivity contribution in [3.8, 4) is 0 Å². The van der Waals surface area contributed by atoms with Gasteiger partial charge in [0, 0.05) is 30.1 Å². The fraction of sp³-hybridized carbons (Fsp3) is 0.292. The molecule has 0 radical (unpaired) electrons. The molecule has 0 unspecified atom stereocenters. The van der Waals surface area contributed by atoms with E-state index in [2.05, 4.69) is 11.4 Å². The van der Waals surface area contributed by atoms with E-state index in [4.69, 9.17) is 0 Å². The number of sulfonamides is 1. The standard InChI is InChI=1S/C24H24N2O3S2/c27-24(19-9-6-10-20(17-19)31(28,29)25-13-4-5-14-25)26-15-11-22-21(12-16-30-22)23(26)18-7-2-1-3-8-18/h1-3,6-10,12,16-17,23H,4-5,11,13-15H2/t23-/m0/s1. The van der Waals surface area contributed by atoms with Crippen LogP contribution in [0, 0.1) is 0 Å². The molecule has 0 bridgehead atoms. The largest absolute Gasteiger partial charge is 0.327 e. The first-order valence-corrected chi connectivity index (χ1v) is 12.9. The highest BCUT2D eigenvalue weighted by Crippen LogP contribution is 2.38. The number of amides is 1. The molecule has 0 saturated carbocycles. The fourth-order valence-corrected chi connectivity index (χ4v) is 7.03. The quantitative estimate of drug-likeness (QED) is 0.592. The topological polar surface area (TPSA) is 57.7 Å². The zero-order chi connectivity index (χ0) is 21.4. The second-order valence-electron chi connectivity index (χ2n) is 8.00. The van der Waals surface area contributed by atoms with E-state index in [-0.39, 0.29) is 16.8 Å². The molecular formula is C24H24N2O3S2. The van der Waals surface area contributed by atoms with Crippen molar-refractivity contribution in [3.63, 3.8) is 0 Å². The molecule has 2 aliphatic heterocycles. The van der Waals surface area contributed by atoms with Crippen molar-refractivity contribution in [3.05, 3.63) is 87.6 Å². The Morgan fingerprint density at radius 3 is 2.48 bits per heavy atom. The van der Waals surface area contributed by atoms with Crippen molar-refractivity contribution in [2.45, 2.75) is 30.2 Å². The maximum atomic E-state index is 13.6. The molecule has 1 atom stereocenters. The summed E-state index contributed by atoms with van der Waals surface area (Å²) < 4.78 is 27.5. The minimum absolute atomic E-state index is 0.135. The highest BCUT2D eigenvalue weighted by atomic mass is 32.2. The van der Waals surface area contributed by atoms with Gasteiger partial charge in [-0.25, -0.2) is 8.42 Å². The summed E-state index contributed by atoms with van der Waals surface area (Å²) in [5, 5.41) is 2.08. The van der Waals surface area contributed by atoms with Gasteiger partial charge in [0.1, 0.15) is 0 Å². The summed E-state index contributed by atoms with van der Waals surface area (Å²) in [7, 11) is -3.57. The molecule has 1 aromatic heterocycles. The first kappa shape index (κ1) is 20.4. The van der Waals surface area contributed by atoms with Crippen LogP contribution in [0.4, 0.5) is 0 Å². The number of rotatable bonds is 4. The molecule has 1 saturated heterocycles. The van der Waals surface area contributed by atoms with E-state index in [1.807, 2.05) is 35.2 Å². The van der Waals surface area contributed by atoms with Gasteiger partial charge in [-0.1, -0.05) is 36.4 Å². The van der Waals surface area contributed by atoms with Crippen molar-refractivity contribution in [2.24, 2.45) is 0 Å². The van der Waals surface area contributed by atoms with Crippen LogP contribution in [-0.4, -0.2) is 43.2 Å². The van der Waals surface area contributed by atoms with E-state index >= 15 is 0 Å². The highest BCUT2D eigenvalue weighted by molar-refractivity contribution is 7.89. The fourth-order valence-electron chi connectivity index (χ4n) is 4.56. The second-order valence-corrected chi connectivity index (χ2v) is 10.9. The van der Waals surface area contributed by atoms with E-state index in [1.165, 1.54) is 9.18 Å². The number of hydrogen-bond donors (Lipinski definition) is 0. The molecule has 0 N–H and O–H groups in total. The first-order valence-electron chi connectivity index (χ1n) is 10.6.